The van der Waals surface area contributed by atoms with Crippen LogP contribution >= 0.6 is 34.7 Å². The lowest BCUT2D eigenvalue weighted by atomic mass is 10.1. The predicted octanol–water partition coefficient (Wildman–Crippen LogP) is 5.76. The first kappa shape index (κ1) is 29.7. The molecule has 5 rings (SSSR count). The van der Waals surface area contributed by atoms with Crippen molar-refractivity contribution in [3.8, 4) is 5.69 Å². The smallest absolute Gasteiger partial charge is 0.341 e. The number of anilines is 1. The minimum Gasteiger partial charge on any atom is -0.462 e. The van der Waals surface area contributed by atoms with Crippen LogP contribution in [0.2, 0.25) is 5.02 Å². The minimum atomic E-state index is -0.732. The highest BCUT2D eigenvalue weighted by molar-refractivity contribution is 7.99. The summed E-state index contributed by atoms with van der Waals surface area (Å²) in [7, 11) is 0. The molecule has 2 amide bonds. The molecule has 1 aliphatic rings. The summed E-state index contributed by atoms with van der Waals surface area (Å²) < 4.78 is 21.2. The van der Waals surface area contributed by atoms with E-state index in [2.05, 4.69) is 20.8 Å². The number of halogens is 2. The molecule has 13 heteroatoms. The number of hydrogen-bond donors (Lipinski definition) is 2. The van der Waals surface area contributed by atoms with E-state index >= 15 is 0 Å². The highest BCUT2D eigenvalue weighted by Gasteiger charge is 2.28. The molecule has 0 spiro atoms. The third kappa shape index (κ3) is 6.35. The molecule has 2 N–H and O–H groups in total. The summed E-state index contributed by atoms with van der Waals surface area (Å²) in [5, 5.41) is 15.0. The molecular weight excluding hydrogens is 601 g/mol. The van der Waals surface area contributed by atoms with Crippen LogP contribution in [0.1, 0.15) is 55.9 Å². The number of ether oxygens (including phenoxy) is 1. The van der Waals surface area contributed by atoms with E-state index in [4.69, 9.17) is 16.3 Å². The van der Waals surface area contributed by atoms with Gasteiger partial charge in [0.1, 0.15) is 10.8 Å². The molecule has 0 atom stereocenters. The largest absolute Gasteiger partial charge is 0.462 e. The Hall–Kier alpha value is -3.74. The topological polar surface area (TPSA) is 115 Å². The average Bonchev–Trinajstić information content (AvgIpc) is 3.65. The van der Waals surface area contributed by atoms with Crippen LogP contribution in [0.5, 0.6) is 0 Å². The quantitative estimate of drug-likeness (QED) is 0.170. The molecule has 218 valence electrons. The van der Waals surface area contributed by atoms with Gasteiger partial charge < -0.3 is 15.4 Å². The maximum Gasteiger partial charge on any atom is 0.341 e. The van der Waals surface area contributed by atoms with Gasteiger partial charge in [-0.05, 0) is 68.5 Å². The second-order valence-corrected chi connectivity index (χ2v) is 11.9. The van der Waals surface area contributed by atoms with Crippen molar-refractivity contribution < 1.29 is 23.5 Å². The number of nitrogens with one attached hydrogen (secondary N) is 2. The average molecular weight is 628 g/mol. The summed E-state index contributed by atoms with van der Waals surface area (Å²) in [6.07, 6.45) is 2.63. The summed E-state index contributed by atoms with van der Waals surface area (Å²) in [4.78, 5) is 39.6. The van der Waals surface area contributed by atoms with Crippen molar-refractivity contribution in [2.75, 3.05) is 17.7 Å². The van der Waals surface area contributed by atoms with Gasteiger partial charge in [0.05, 0.1) is 35.1 Å². The Labute approximate surface area is 254 Å². The van der Waals surface area contributed by atoms with Crippen LogP contribution in [0.15, 0.2) is 47.6 Å². The molecule has 1 aliphatic carbocycles. The van der Waals surface area contributed by atoms with Crippen LogP contribution in [0.25, 0.3) is 5.69 Å². The fourth-order valence-electron chi connectivity index (χ4n) is 4.70. The number of rotatable bonds is 10. The fourth-order valence-corrected chi connectivity index (χ4v) is 7.01. The van der Waals surface area contributed by atoms with Gasteiger partial charge in [-0.15, -0.1) is 21.5 Å². The van der Waals surface area contributed by atoms with E-state index in [0.29, 0.717) is 21.5 Å². The van der Waals surface area contributed by atoms with Crippen molar-refractivity contribution in [2.45, 2.75) is 44.8 Å². The lowest BCUT2D eigenvalue weighted by molar-refractivity contribution is -0.113. The van der Waals surface area contributed by atoms with Crippen LogP contribution in [0, 0.1) is 12.7 Å². The number of amides is 2. The Kier molecular flexibility index (Phi) is 9.24. The van der Waals surface area contributed by atoms with Gasteiger partial charge in [-0.25, -0.2) is 9.18 Å². The van der Waals surface area contributed by atoms with Gasteiger partial charge >= 0.3 is 5.97 Å². The summed E-state index contributed by atoms with van der Waals surface area (Å²) in [5.41, 5.74) is 2.87. The molecule has 4 aromatic rings. The van der Waals surface area contributed by atoms with Crippen LogP contribution in [0.3, 0.4) is 0 Å². The fraction of sp³-hybridized carbons (Fsp3) is 0.276. The maximum absolute atomic E-state index is 14.3. The summed E-state index contributed by atoms with van der Waals surface area (Å²) in [6.45, 7) is 3.87. The SMILES string of the molecule is CCOC(=O)c1c(NC(=O)CSc2nnc(CNC(=O)c3c(F)cccc3Cl)n2-c2cccc(C)c2)sc2c1CCC2. The van der Waals surface area contributed by atoms with E-state index in [1.54, 1.807) is 11.5 Å². The summed E-state index contributed by atoms with van der Waals surface area (Å²) in [5.74, 6) is -1.79. The van der Waals surface area contributed by atoms with Gasteiger partial charge in [0.15, 0.2) is 11.0 Å². The van der Waals surface area contributed by atoms with E-state index in [1.807, 2.05) is 31.2 Å². The Morgan fingerprint density at radius 2 is 1.95 bits per heavy atom. The first-order chi connectivity index (χ1) is 20.3. The molecule has 0 unspecified atom stereocenters. The molecule has 2 aromatic heterocycles. The highest BCUT2D eigenvalue weighted by atomic mass is 35.5. The van der Waals surface area contributed by atoms with Gasteiger partial charge in [-0.1, -0.05) is 41.6 Å². The van der Waals surface area contributed by atoms with E-state index in [1.165, 1.54) is 23.5 Å². The molecule has 9 nitrogen and oxygen atoms in total. The molecule has 0 fully saturated rings. The molecule has 0 radical (unpaired) electrons. The van der Waals surface area contributed by atoms with Crippen molar-refractivity contribution in [1.29, 1.82) is 0 Å². The first-order valence-electron chi connectivity index (χ1n) is 13.2. The van der Waals surface area contributed by atoms with E-state index < -0.39 is 17.7 Å². The van der Waals surface area contributed by atoms with E-state index in [0.717, 1.165) is 58.8 Å². The number of nitrogens with zero attached hydrogens (tertiary/aromatic N) is 3. The van der Waals surface area contributed by atoms with Crippen molar-refractivity contribution in [3.63, 3.8) is 0 Å². The Morgan fingerprint density at radius 3 is 2.71 bits per heavy atom. The maximum atomic E-state index is 14.3. The number of benzene rings is 2. The van der Waals surface area contributed by atoms with Gasteiger partial charge in [0, 0.05) is 10.6 Å². The summed E-state index contributed by atoms with van der Waals surface area (Å²) >= 11 is 8.62. The zero-order chi connectivity index (χ0) is 29.8. The summed E-state index contributed by atoms with van der Waals surface area (Å²) in [6, 6.07) is 11.6. The first-order valence-corrected chi connectivity index (χ1v) is 15.4. The van der Waals surface area contributed by atoms with Crippen LogP contribution in [-0.4, -0.2) is 44.9 Å². The second kappa shape index (κ2) is 13.1. The van der Waals surface area contributed by atoms with Gasteiger partial charge in [0.25, 0.3) is 5.91 Å². The van der Waals surface area contributed by atoms with Crippen molar-refractivity contribution in [3.05, 3.63) is 86.3 Å². The Morgan fingerprint density at radius 1 is 1.14 bits per heavy atom. The molecule has 2 heterocycles. The lowest BCUT2D eigenvalue weighted by Crippen LogP contribution is -2.26. The second-order valence-electron chi connectivity index (χ2n) is 9.47. The Balaban J connectivity index is 1.34. The van der Waals surface area contributed by atoms with Crippen LogP contribution < -0.4 is 10.6 Å². The molecule has 0 saturated carbocycles. The van der Waals surface area contributed by atoms with Gasteiger partial charge in [-0.3, -0.25) is 14.2 Å². The normalized spacial score (nSPS) is 12.2. The third-order valence-corrected chi connectivity index (χ3v) is 8.99. The number of thiophene rings is 1. The molecule has 0 bridgehead atoms. The highest BCUT2D eigenvalue weighted by Crippen LogP contribution is 2.39. The van der Waals surface area contributed by atoms with Gasteiger partial charge in [0.2, 0.25) is 5.91 Å². The Bertz CT molecular complexity index is 1650. The monoisotopic (exact) mass is 627 g/mol. The van der Waals surface area contributed by atoms with Crippen LogP contribution in [0.4, 0.5) is 9.39 Å². The number of thioether (sulfide) groups is 1. The van der Waals surface area contributed by atoms with E-state index in [-0.39, 0.29) is 35.4 Å². The molecule has 2 aromatic carbocycles. The standard InChI is InChI=1S/C29H27ClFN5O4S2/c1-3-40-28(39)24-18-9-5-12-21(18)42-27(24)33-23(37)15-41-29-35-34-22(36(29)17-8-4-7-16(2)13-17)14-32-26(38)25-19(30)10-6-11-20(25)31/h4,6-8,10-11,13H,3,5,9,12,14-15H2,1-2H3,(H,32,38)(H,33,37). The molecule has 0 aliphatic heterocycles. The van der Waals surface area contributed by atoms with Crippen molar-refractivity contribution in [2.24, 2.45) is 0 Å². The van der Waals surface area contributed by atoms with Crippen molar-refractivity contribution in [1.82, 2.24) is 20.1 Å². The molecule has 0 saturated heterocycles. The molecular formula is C29H27ClFN5O4S2. The van der Waals surface area contributed by atoms with Crippen molar-refractivity contribution >= 4 is 57.5 Å². The predicted molar refractivity (Wildman–Crippen MR) is 160 cm³/mol. The number of carbonyl (C=O) groups excluding carboxylic acids is 3. The number of hydrogen-bond acceptors (Lipinski definition) is 8. The number of carbonyl (C=O) groups is 3. The number of aryl methyl sites for hydroxylation is 2. The zero-order valence-electron chi connectivity index (χ0n) is 22.8. The molecule has 42 heavy (non-hydrogen) atoms. The van der Waals surface area contributed by atoms with E-state index in [9.17, 15) is 18.8 Å². The third-order valence-electron chi connectivity index (χ3n) is 6.54. The number of fused-ring (bicyclic) bond motifs is 1. The minimum absolute atomic E-state index is 0.00279. The zero-order valence-corrected chi connectivity index (χ0v) is 25.2. The number of esters is 1. The lowest BCUT2D eigenvalue weighted by Gasteiger charge is -2.12. The number of aromatic nitrogens is 3. The van der Waals surface area contributed by atoms with Crippen LogP contribution in [-0.2, 0) is 28.9 Å². The van der Waals surface area contributed by atoms with Gasteiger partial charge in [-0.2, -0.15) is 0 Å².